The maximum Gasteiger partial charge on any atom is 0.0480 e. The van der Waals surface area contributed by atoms with Crippen molar-refractivity contribution in [3.05, 3.63) is 0 Å². The third-order valence-electron chi connectivity index (χ3n) is 3.51. The van der Waals surface area contributed by atoms with Crippen LogP contribution in [0.15, 0.2) is 0 Å². The largest absolute Gasteiger partial charge is 0.385 e. The second kappa shape index (κ2) is 8.34. The Bertz CT molecular complexity index is 180. The van der Waals surface area contributed by atoms with Crippen LogP contribution in [0, 0.1) is 0 Å². The van der Waals surface area contributed by atoms with Gasteiger partial charge in [-0.25, -0.2) is 0 Å². The summed E-state index contributed by atoms with van der Waals surface area (Å²) in [6.07, 6.45) is 4.31. The van der Waals surface area contributed by atoms with E-state index in [0.29, 0.717) is 12.6 Å². The number of hydrogen-bond acceptors (Lipinski definition) is 4. The molecule has 0 aliphatic carbocycles. The summed E-state index contributed by atoms with van der Waals surface area (Å²) in [7, 11) is 3.93. The van der Waals surface area contributed by atoms with E-state index in [-0.39, 0.29) is 5.54 Å². The lowest BCUT2D eigenvalue weighted by molar-refractivity contribution is 0.0622. The fraction of sp³-hybridized carbons (Fsp3) is 1.00. The summed E-state index contributed by atoms with van der Waals surface area (Å²) in [5, 5.41) is 0. The molecule has 0 radical (unpaired) electrons. The van der Waals surface area contributed by atoms with Crippen molar-refractivity contribution >= 4 is 11.8 Å². The third-order valence-corrected chi connectivity index (χ3v) is 4.23. The first kappa shape index (κ1) is 16.2. The molecule has 16 heavy (non-hydrogen) atoms. The van der Waals surface area contributed by atoms with Gasteiger partial charge in [0, 0.05) is 37.6 Å². The van der Waals surface area contributed by atoms with Crippen LogP contribution in [0.3, 0.4) is 0 Å². The highest BCUT2D eigenvalue weighted by Gasteiger charge is 2.31. The second-order valence-corrected chi connectivity index (χ2v) is 5.48. The Kier molecular flexibility index (Phi) is 8.46. The molecule has 0 aliphatic rings. The molecule has 98 valence electrons. The van der Waals surface area contributed by atoms with E-state index in [9.17, 15) is 0 Å². The number of rotatable bonds is 9. The molecule has 0 aromatic carbocycles. The maximum atomic E-state index is 5.93. The van der Waals surface area contributed by atoms with Crippen LogP contribution in [0.25, 0.3) is 0 Å². The summed E-state index contributed by atoms with van der Waals surface area (Å²) in [4.78, 5) is 2.43. The Morgan fingerprint density at radius 2 is 2.12 bits per heavy atom. The van der Waals surface area contributed by atoms with Gasteiger partial charge in [-0.05, 0) is 33.1 Å². The summed E-state index contributed by atoms with van der Waals surface area (Å²) in [6, 6.07) is 0.598. The first-order valence-electron chi connectivity index (χ1n) is 5.96. The van der Waals surface area contributed by atoms with Crippen molar-refractivity contribution in [1.82, 2.24) is 4.90 Å². The second-order valence-electron chi connectivity index (χ2n) is 4.57. The molecule has 0 amide bonds. The summed E-state index contributed by atoms with van der Waals surface area (Å²) in [6.45, 7) is 5.92. The Morgan fingerprint density at radius 1 is 1.50 bits per heavy atom. The number of nitrogens with two attached hydrogens (primary N) is 1. The van der Waals surface area contributed by atoms with Gasteiger partial charge in [0.2, 0.25) is 0 Å². The zero-order chi connectivity index (χ0) is 12.6. The van der Waals surface area contributed by atoms with Crippen LogP contribution < -0.4 is 5.73 Å². The quantitative estimate of drug-likeness (QED) is 0.675. The first-order chi connectivity index (χ1) is 7.55. The maximum absolute atomic E-state index is 5.93. The Balaban J connectivity index is 4.51. The van der Waals surface area contributed by atoms with E-state index in [2.05, 4.69) is 32.1 Å². The molecule has 0 aromatic heterocycles. The van der Waals surface area contributed by atoms with E-state index in [4.69, 9.17) is 10.5 Å². The van der Waals surface area contributed by atoms with Crippen LogP contribution in [-0.2, 0) is 4.74 Å². The van der Waals surface area contributed by atoms with E-state index in [1.54, 1.807) is 7.11 Å². The summed E-state index contributed by atoms with van der Waals surface area (Å²) in [5.41, 5.74) is 5.98. The van der Waals surface area contributed by atoms with E-state index in [1.165, 1.54) is 6.42 Å². The number of hydrogen-bond donors (Lipinski definition) is 1. The Morgan fingerprint density at radius 3 is 2.50 bits per heavy atom. The average molecular weight is 248 g/mol. The third kappa shape index (κ3) is 4.62. The molecule has 0 aliphatic heterocycles. The van der Waals surface area contributed by atoms with Crippen molar-refractivity contribution in [2.45, 2.75) is 38.3 Å². The highest BCUT2D eigenvalue weighted by Crippen LogP contribution is 2.22. The first-order valence-corrected chi connectivity index (χ1v) is 7.36. The highest BCUT2D eigenvalue weighted by atomic mass is 32.2. The van der Waals surface area contributed by atoms with Gasteiger partial charge in [0.15, 0.2) is 0 Å². The monoisotopic (exact) mass is 248 g/mol. The van der Waals surface area contributed by atoms with Crippen LogP contribution in [0.2, 0.25) is 0 Å². The lowest BCUT2D eigenvalue weighted by Gasteiger charge is -2.42. The molecule has 2 atom stereocenters. The van der Waals surface area contributed by atoms with Gasteiger partial charge in [-0.3, -0.25) is 4.90 Å². The minimum absolute atomic E-state index is 0.0480. The van der Waals surface area contributed by atoms with Crippen LogP contribution >= 0.6 is 11.8 Å². The molecule has 2 unspecified atom stereocenters. The molecule has 4 heteroatoms. The topological polar surface area (TPSA) is 38.5 Å². The van der Waals surface area contributed by atoms with E-state index in [1.807, 2.05) is 11.8 Å². The number of nitrogens with zero attached hydrogens (tertiary/aromatic N) is 1. The highest BCUT2D eigenvalue weighted by molar-refractivity contribution is 7.98. The van der Waals surface area contributed by atoms with Gasteiger partial charge < -0.3 is 10.5 Å². The predicted octanol–water partition coefficient (Wildman–Crippen LogP) is 1.81. The van der Waals surface area contributed by atoms with Gasteiger partial charge in [-0.15, -0.1) is 0 Å². The summed E-state index contributed by atoms with van der Waals surface area (Å²) >= 11 is 1.90. The van der Waals surface area contributed by atoms with Gasteiger partial charge in [-0.2, -0.15) is 11.8 Å². The minimum Gasteiger partial charge on any atom is -0.385 e. The normalized spacial score (nSPS) is 17.4. The standard InChI is InChI=1S/C12H28N2OS/c1-6-11(9-16-5)14(3)12(2,10-13)7-8-15-4/h11H,6-10,13H2,1-5H3. The fourth-order valence-corrected chi connectivity index (χ4v) is 2.73. The molecular formula is C12H28N2OS. The van der Waals surface area contributed by atoms with Crippen LogP contribution in [0.5, 0.6) is 0 Å². The molecule has 0 heterocycles. The van der Waals surface area contributed by atoms with E-state index in [0.717, 1.165) is 18.8 Å². The lowest BCUT2D eigenvalue weighted by Crippen LogP contribution is -2.55. The molecule has 0 saturated heterocycles. The van der Waals surface area contributed by atoms with Gasteiger partial charge in [-0.1, -0.05) is 6.92 Å². The molecule has 0 bridgehead atoms. The van der Waals surface area contributed by atoms with Gasteiger partial charge in [0.1, 0.15) is 0 Å². The van der Waals surface area contributed by atoms with Crippen molar-refractivity contribution in [3.8, 4) is 0 Å². The molecule has 0 saturated carbocycles. The smallest absolute Gasteiger partial charge is 0.0480 e. The van der Waals surface area contributed by atoms with Gasteiger partial charge in [0.25, 0.3) is 0 Å². The summed E-state index contributed by atoms with van der Waals surface area (Å²) < 4.78 is 5.18. The number of methoxy groups -OCH3 is 1. The Labute approximate surface area is 105 Å². The van der Waals surface area contributed by atoms with Crippen molar-refractivity contribution in [3.63, 3.8) is 0 Å². The molecular weight excluding hydrogens is 220 g/mol. The predicted molar refractivity (Wildman–Crippen MR) is 74.2 cm³/mol. The van der Waals surface area contributed by atoms with Crippen LogP contribution in [0.1, 0.15) is 26.7 Å². The number of thioether (sulfide) groups is 1. The SMILES string of the molecule is CCC(CSC)N(C)C(C)(CN)CCOC. The lowest BCUT2D eigenvalue weighted by atomic mass is 9.94. The minimum atomic E-state index is 0.0480. The number of likely N-dealkylation sites (N-methyl/N-ethyl adjacent to an activating group) is 1. The van der Waals surface area contributed by atoms with Crippen molar-refractivity contribution in [2.75, 3.05) is 39.3 Å². The summed E-state index contributed by atoms with van der Waals surface area (Å²) in [5.74, 6) is 1.16. The molecule has 3 nitrogen and oxygen atoms in total. The molecule has 0 spiro atoms. The fourth-order valence-electron chi connectivity index (χ4n) is 1.88. The van der Waals surface area contributed by atoms with Crippen LogP contribution in [0.4, 0.5) is 0 Å². The van der Waals surface area contributed by atoms with E-state index < -0.39 is 0 Å². The molecule has 2 N–H and O–H groups in total. The Hall–Kier alpha value is 0.230. The van der Waals surface area contributed by atoms with Crippen molar-refractivity contribution < 1.29 is 4.74 Å². The zero-order valence-electron chi connectivity index (χ0n) is 11.5. The molecule has 0 aromatic rings. The van der Waals surface area contributed by atoms with E-state index >= 15 is 0 Å². The van der Waals surface area contributed by atoms with Gasteiger partial charge in [0.05, 0.1) is 0 Å². The molecule has 0 fully saturated rings. The van der Waals surface area contributed by atoms with Crippen molar-refractivity contribution in [1.29, 1.82) is 0 Å². The average Bonchev–Trinajstić information content (AvgIpc) is 2.32. The zero-order valence-corrected chi connectivity index (χ0v) is 12.3. The van der Waals surface area contributed by atoms with Gasteiger partial charge >= 0.3 is 0 Å². The van der Waals surface area contributed by atoms with Crippen LogP contribution in [-0.4, -0.2) is 55.8 Å². The number of ether oxygens (including phenoxy) is 1. The van der Waals surface area contributed by atoms with Crippen molar-refractivity contribution in [2.24, 2.45) is 5.73 Å². The molecule has 0 rings (SSSR count).